The molecular weight excluding hydrogens is 228 g/mol. The predicted octanol–water partition coefficient (Wildman–Crippen LogP) is 3.20. The highest BCUT2D eigenvalue weighted by molar-refractivity contribution is 7.80. The molecule has 0 aromatic heterocycles. The third-order valence-electron chi connectivity index (χ3n) is 3.70. The molecular formula is C14H28N2S. The van der Waals surface area contributed by atoms with E-state index in [4.69, 9.17) is 18.0 Å². The molecule has 0 amide bonds. The first kappa shape index (κ1) is 14.9. The molecule has 0 saturated heterocycles. The van der Waals surface area contributed by atoms with Crippen LogP contribution in [0.2, 0.25) is 0 Å². The molecule has 0 aromatic rings. The molecule has 0 unspecified atom stereocenters. The van der Waals surface area contributed by atoms with E-state index in [1.807, 2.05) is 0 Å². The van der Waals surface area contributed by atoms with Crippen LogP contribution in [0.4, 0.5) is 0 Å². The zero-order valence-electron chi connectivity index (χ0n) is 11.7. The van der Waals surface area contributed by atoms with Crippen molar-refractivity contribution in [2.24, 2.45) is 17.1 Å². The van der Waals surface area contributed by atoms with Crippen LogP contribution in [0, 0.1) is 11.3 Å². The average molecular weight is 256 g/mol. The van der Waals surface area contributed by atoms with E-state index in [0.717, 1.165) is 12.3 Å². The molecule has 100 valence electrons. The number of rotatable bonds is 9. The first-order valence-corrected chi connectivity index (χ1v) is 7.39. The molecule has 0 aromatic carbocycles. The Morgan fingerprint density at radius 1 is 1.35 bits per heavy atom. The molecule has 1 aliphatic rings. The first-order valence-electron chi connectivity index (χ1n) is 6.98. The van der Waals surface area contributed by atoms with Crippen molar-refractivity contribution in [2.75, 3.05) is 19.6 Å². The highest BCUT2D eigenvalue weighted by Gasteiger charge is 2.25. The second kappa shape index (κ2) is 6.69. The van der Waals surface area contributed by atoms with Gasteiger partial charge >= 0.3 is 0 Å². The van der Waals surface area contributed by atoms with Gasteiger partial charge in [0, 0.05) is 12.0 Å². The zero-order chi connectivity index (χ0) is 12.9. The van der Waals surface area contributed by atoms with Gasteiger partial charge in [0.2, 0.25) is 0 Å². The molecule has 1 saturated carbocycles. The van der Waals surface area contributed by atoms with Gasteiger partial charge in [0.05, 0.1) is 4.99 Å². The average Bonchev–Trinajstić information content (AvgIpc) is 3.01. The van der Waals surface area contributed by atoms with Crippen LogP contribution in [0.1, 0.15) is 52.9 Å². The van der Waals surface area contributed by atoms with Crippen molar-refractivity contribution in [3.63, 3.8) is 0 Å². The summed E-state index contributed by atoms with van der Waals surface area (Å²) in [6.45, 7) is 10.3. The number of nitrogens with two attached hydrogens (primary N) is 1. The fourth-order valence-electron chi connectivity index (χ4n) is 2.14. The molecule has 17 heavy (non-hydrogen) atoms. The molecule has 1 aliphatic carbocycles. The Morgan fingerprint density at radius 3 is 2.47 bits per heavy atom. The van der Waals surface area contributed by atoms with Crippen LogP contribution >= 0.6 is 12.2 Å². The van der Waals surface area contributed by atoms with Gasteiger partial charge in [-0.05, 0) is 51.1 Å². The van der Waals surface area contributed by atoms with Gasteiger partial charge in [0.1, 0.15) is 0 Å². The molecule has 0 heterocycles. The number of thiocarbonyl (C=S) groups is 1. The van der Waals surface area contributed by atoms with Gasteiger partial charge in [-0.3, -0.25) is 0 Å². The summed E-state index contributed by atoms with van der Waals surface area (Å²) in [7, 11) is 0. The zero-order valence-corrected chi connectivity index (χ0v) is 12.5. The van der Waals surface area contributed by atoms with Crippen molar-refractivity contribution in [3.8, 4) is 0 Å². The van der Waals surface area contributed by atoms with Crippen LogP contribution in [-0.2, 0) is 0 Å². The molecule has 2 nitrogen and oxygen atoms in total. The summed E-state index contributed by atoms with van der Waals surface area (Å²) < 4.78 is 0. The standard InChI is InChI=1S/C14H28N2S/c1-4-9-16(11-12-6-7-12)10-5-8-14(2,3)13(15)17/h12H,4-11H2,1-3H3,(H2,15,17). The minimum atomic E-state index is 0.0206. The summed E-state index contributed by atoms with van der Waals surface area (Å²) in [5.41, 5.74) is 5.77. The van der Waals surface area contributed by atoms with Crippen LogP contribution in [0.25, 0.3) is 0 Å². The Balaban J connectivity index is 2.23. The van der Waals surface area contributed by atoms with Crippen molar-refractivity contribution in [2.45, 2.75) is 52.9 Å². The molecule has 0 spiro atoms. The fraction of sp³-hybridized carbons (Fsp3) is 0.929. The lowest BCUT2D eigenvalue weighted by Gasteiger charge is -2.26. The second-order valence-corrected chi connectivity index (χ2v) is 6.54. The Kier molecular flexibility index (Phi) is 5.87. The first-order chi connectivity index (χ1) is 7.95. The molecule has 3 heteroatoms. The van der Waals surface area contributed by atoms with E-state index >= 15 is 0 Å². The minimum absolute atomic E-state index is 0.0206. The Hall–Kier alpha value is -0.150. The van der Waals surface area contributed by atoms with E-state index in [1.165, 1.54) is 45.3 Å². The van der Waals surface area contributed by atoms with E-state index < -0.39 is 0 Å². The summed E-state index contributed by atoms with van der Waals surface area (Å²) in [4.78, 5) is 3.27. The van der Waals surface area contributed by atoms with Gasteiger partial charge in [-0.15, -0.1) is 0 Å². The largest absolute Gasteiger partial charge is 0.393 e. The van der Waals surface area contributed by atoms with E-state index in [-0.39, 0.29) is 5.41 Å². The van der Waals surface area contributed by atoms with Crippen molar-refractivity contribution in [3.05, 3.63) is 0 Å². The third-order valence-corrected chi connectivity index (χ3v) is 4.25. The molecule has 0 bridgehead atoms. The smallest absolute Gasteiger partial charge is 0.0784 e. The van der Waals surface area contributed by atoms with Crippen LogP contribution in [-0.4, -0.2) is 29.5 Å². The maximum absolute atomic E-state index is 5.75. The topological polar surface area (TPSA) is 29.3 Å². The number of hydrogen-bond donors (Lipinski definition) is 1. The SMILES string of the molecule is CCCN(CCCC(C)(C)C(N)=S)CC1CC1. The van der Waals surface area contributed by atoms with Gasteiger partial charge in [-0.1, -0.05) is 33.0 Å². The number of nitrogens with zero attached hydrogens (tertiary/aromatic N) is 1. The second-order valence-electron chi connectivity index (χ2n) is 6.10. The van der Waals surface area contributed by atoms with Crippen molar-refractivity contribution >= 4 is 17.2 Å². The summed E-state index contributed by atoms with van der Waals surface area (Å²) in [5, 5.41) is 0. The maximum Gasteiger partial charge on any atom is 0.0784 e. The monoisotopic (exact) mass is 256 g/mol. The Labute approximate surface area is 112 Å². The van der Waals surface area contributed by atoms with Gasteiger partial charge in [-0.2, -0.15) is 0 Å². The molecule has 1 rings (SSSR count). The summed E-state index contributed by atoms with van der Waals surface area (Å²) in [5.74, 6) is 0.991. The lowest BCUT2D eigenvalue weighted by atomic mass is 9.88. The normalized spacial score (nSPS) is 16.5. The Morgan fingerprint density at radius 2 is 2.00 bits per heavy atom. The van der Waals surface area contributed by atoms with Gasteiger partial charge in [0.25, 0.3) is 0 Å². The summed E-state index contributed by atoms with van der Waals surface area (Å²) in [6.07, 6.45) is 6.45. The molecule has 0 aliphatic heterocycles. The highest BCUT2D eigenvalue weighted by Crippen LogP contribution is 2.30. The highest BCUT2D eigenvalue weighted by atomic mass is 32.1. The van der Waals surface area contributed by atoms with Crippen LogP contribution in [0.5, 0.6) is 0 Å². The third kappa shape index (κ3) is 5.82. The minimum Gasteiger partial charge on any atom is -0.393 e. The van der Waals surface area contributed by atoms with E-state index in [9.17, 15) is 0 Å². The van der Waals surface area contributed by atoms with Crippen LogP contribution in [0.15, 0.2) is 0 Å². The van der Waals surface area contributed by atoms with Gasteiger partial charge < -0.3 is 10.6 Å². The fourth-order valence-corrected chi connectivity index (χ4v) is 2.25. The van der Waals surface area contributed by atoms with E-state index in [0.29, 0.717) is 4.99 Å². The van der Waals surface area contributed by atoms with Gasteiger partial charge in [-0.25, -0.2) is 0 Å². The summed E-state index contributed by atoms with van der Waals surface area (Å²) in [6, 6.07) is 0. The summed E-state index contributed by atoms with van der Waals surface area (Å²) >= 11 is 5.11. The quantitative estimate of drug-likeness (QED) is 0.642. The lowest BCUT2D eigenvalue weighted by molar-refractivity contribution is 0.249. The van der Waals surface area contributed by atoms with Crippen LogP contribution < -0.4 is 5.73 Å². The molecule has 0 radical (unpaired) electrons. The lowest BCUT2D eigenvalue weighted by Crippen LogP contribution is -2.32. The van der Waals surface area contributed by atoms with E-state index in [1.54, 1.807) is 0 Å². The molecule has 2 N–H and O–H groups in total. The van der Waals surface area contributed by atoms with Crippen molar-refractivity contribution in [1.82, 2.24) is 4.90 Å². The van der Waals surface area contributed by atoms with Crippen molar-refractivity contribution in [1.29, 1.82) is 0 Å². The Bertz CT molecular complexity index is 247. The molecule has 0 atom stereocenters. The maximum atomic E-state index is 5.75. The van der Waals surface area contributed by atoms with Crippen molar-refractivity contribution < 1.29 is 0 Å². The number of hydrogen-bond acceptors (Lipinski definition) is 2. The van der Waals surface area contributed by atoms with Gasteiger partial charge in [0.15, 0.2) is 0 Å². The predicted molar refractivity (Wildman–Crippen MR) is 79.3 cm³/mol. The van der Waals surface area contributed by atoms with E-state index in [2.05, 4.69) is 25.7 Å². The molecule has 1 fully saturated rings. The van der Waals surface area contributed by atoms with Crippen LogP contribution in [0.3, 0.4) is 0 Å².